The predicted octanol–water partition coefficient (Wildman–Crippen LogP) is 4.98. The number of aliphatic imine (C=N–C) groups is 1. The lowest BCUT2D eigenvalue weighted by Crippen LogP contribution is -2.12. The van der Waals surface area contributed by atoms with Crippen molar-refractivity contribution in [1.29, 1.82) is 0 Å². The molecule has 2 aromatic heterocycles. The SMILES string of the molecule is C=C(CCCc1cnc(CCC)c(C)n1)C(=N/C(C)=C\N)c1ncc(CCC)nc1C. The Morgan fingerprint density at radius 1 is 1.00 bits per heavy atom. The van der Waals surface area contributed by atoms with E-state index in [-0.39, 0.29) is 0 Å². The summed E-state index contributed by atoms with van der Waals surface area (Å²) in [5.74, 6) is 0. The van der Waals surface area contributed by atoms with Gasteiger partial charge in [0.05, 0.1) is 39.9 Å². The number of allylic oxidation sites excluding steroid dienone is 2. The minimum absolute atomic E-state index is 0.725. The maximum Gasteiger partial charge on any atom is 0.110 e. The van der Waals surface area contributed by atoms with Crippen molar-refractivity contribution in [2.45, 2.75) is 79.6 Å². The summed E-state index contributed by atoms with van der Waals surface area (Å²) in [6, 6.07) is 0. The highest BCUT2D eigenvalue weighted by Crippen LogP contribution is 2.18. The number of nitrogens with zero attached hydrogens (tertiary/aromatic N) is 5. The third kappa shape index (κ3) is 7.09. The van der Waals surface area contributed by atoms with Gasteiger partial charge in [0.15, 0.2) is 0 Å². The van der Waals surface area contributed by atoms with E-state index >= 15 is 0 Å². The number of aryl methyl sites for hydroxylation is 5. The fraction of sp³-hybridized carbons (Fsp3) is 0.480. The Bertz CT molecular complexity index is 958. The molecule has 31 heavy (non-hydrogen) atoms. The number of nitrogens with two attached hydrogens (primary N) is 1. The topological polar surface area (TPSA) is 89.9 Å². The standard InChI is InChI=1S/C25H36N6/c1-7-10-21-16-28-25(20(6)31-21)24(29-18(4)14-26)17(3)12-9-13-22-15-27-23(11-8-2)19(5)30-22/h14-16H,3,7-13,26H2,1-2,4-6H3/b18-14-,29-24?. The van der Waals surface area contributed by atoms with Crippen LogP contribution in [0.2, 0.25) is 0 Å². The van der Waals surface area contributed by atoms with Gasteiger partial charge in [0.1, 0.15) is 5.69 Å². The zero-order valence-corrected chi connectivity index (χ0v) is 19.7. The first-order valence-electron chi connectivity index (χ1n) is 11.2. The quantitative estimate of drug-likeness (QED) is 0.518. The van der Waals surface area contributed by atoms with Crippen molar-refractivity contribution < 1.29 is 0 Å². The molecular formula is C25H36N6. The smallest absolute Gasteiger partial charge is 0.110 e. The van der Waals surface area contributed by atoms with Crippen LogP contribution in [-0.2, 0) is 19.3 Å². The Kier molecular flexibility index (Phi) is 9.50. The second-order valence-electron chi connectivity index (χ2n) is 7.91. The van der Waals surface area contributed by atoms with Gasteiger partial charge in [-0.05, 0) is 58.4 Å². The van der Waals surface area contributed by atoms with Gasteiger partial charge in [-0.15, -0.1) is 0 Å². The molecule has 6 nitrogen and oxygen atoms in total. The van der Waals surface area contributed by atoms with Crippen LogP contribution in [0.5, 0.6) is 0 Å². The molecule has 0 aliphatic rings. The van der Waals surface area contributed by atoms with E-state index in [2.05, 4.69) is 30.4 Å². The molecule has 0 fully saturated rings. The highest BCUT2D eigenvalue weighted by Gasteiger charge is 2.15. The van der Waals surface area contributed by atoms with Crippen LogP contribution in [0, 0.1) is 13.8 Å². The van der Waals surface area contributed by atoms with Gasteiger partial charge in [0.2, 0.25) is 0 Å². The number of hydrogen-bond acceptors (Lipinski definition) is 6. The van der Waals surface area contributed by atoms with E-state index in [0.29, 0.717) is 0 Å². The fourth-order valence-electron chi connectivity index (χ4n) is 3.41. The van der Waals surface area contributed by atoms with Crippen molar-refractivity contribution in [2.75, 3.05) is 0 Å². The third-order valence-electron chi connectivity index (χ3n) is 5.09. The molecule has 0 aliphatic carbocycles. The Labute approximate surface area is 186 Å². The van der Waals surface area contributed by atoms with Crippen molar-refractivity contribution in [2.24, 2.45) is 10.7 Å². The fourth-order valence-corrected chi connectivity index (χ4v) is 3.41. The van der Waals surface area contributed by atoms with E-state index in [1.807, 2.05) is 33.2 Å². The molecule has 6 heteroatoms. The van der Waals surface area contributed by atoms with Crippen LogP contribution in [0.1, 0.15) is 80.6 Å². The van der Waals surface area contributed by atoms with Gasteiger partial charge in [-0.2, -0.15) is 0 Å². The summed E-state index contributed by atoms with van der Waals surface area (Å²) < 4.78 is 0. The molecule has 166 valence electrons. The van der Waals surface area contributed by atoms with Gasteiger partial charge in [0.25, 0.3) is 0 Å². The Hall–Kier alpha value is -2.89. The molecule has 0 saturated heterocycles. The molecule has 2 rings (SSSR count). The molecule has 2 heterocycles. The molecule has 0 radical (unpaired) electrons. The van der Waals surface area contributed by atoms with Gasteiger partial charge >= 0.3 is 0 Å². The average Bonchev–Trinajstić information content (AvgIpc) is 2.74. The Morgan fingerprint density at radius 2 is 1.65 bits per heavy atom. The van der Waals surface area contributed by atoms with Gasteiger partial charge in [-0.25, -0.2) is 4.99 Å². The van der Waals surface area contributed by atoms with Gasteiger partial charge in [-0.3, -0.25) is 19.9 Å². The van der Waals surface area contributed by atoms with E-state index in [1.165, 1.54) is 6.20 Å². The van der Waals surface area contributed by atoms with Gasteiger partial charge < -0.3 is 5.73 Å². The minimum Gasteiger partial charge on any atom is -0.403 e. The van der Waals surface area contributed by atoms with Crippen LogP contribution in [-0.4, -0.2) is 25.6 Å². The first-order chi connectivity index (χ1) is 14.9. The number of hydrogen-bond donors (Lipinski definition) is 1. The maximum absolute atomic E-state index is 5.67. The largest absolute Gasteiger partial charge is 0.403 e. The monoisotopic (exact) mass is 420 g/mol. The lowest BCUT2D eigenvalue weighted by molar-refractivity contribution is 0.777. The maximum atomic E-state index is 5.67. The van der Waals surface area contributed by atoms with Crippen LogP contribution in [0.25, 0.3) is 0 Å². The molecule has 0 bridgehead atoms. The summed E-state index contributed by atoms with van der Waals surface area (Å²) in [4.78, 5) is 23.4. The number of aromatic nitrogens is 4. The van der Waals surface area contributed by atoms with E-state index in [1.54, 1.807) is 0 Å². The van der Waals surface area contributed by atoms with Crippen molar-refractivity contribution in [1.82, 2.24) is 19.9 Å². The highest BCUT2D eigenvalue weighted by atomic mass is 14.9. The van der Waals surface area contributed by atoms with Crippen LogP contribution < -0.4 is 5.73 Å². The van der Waals surface area contributed by atoms with Crippen molar-refractivity contribution in [3.63, 3.8) is 0 Å². The van der Waals surface area contributed by atoms with Gasteiger partial charge in [0, 0.05) is 18.6 Å². The molecular weight excluding hydrogens is 384 g/mol. The van der Waals surface area contributed by atoms with Crippen LogP contribution in [0.4, 0.5) is 0 Å². The zero-order valence-electron chi connectivity index (χ0n) is 19.7. The summed E-state index contributed by atoms with van der Waals surface area (Å²) in [6.45, 7) is 14.5. The number of rotatable bonds is 11. The van der Waals surface area contributed by atoms with E-state index < -0.39 is 0 Å². The van der Waals surface area contributed by atoms with Gasteiger partial charge in [-0.1, -0.05) is 33.3 Å². The average molecular weight is 421 g/mol. The summed E-state index contributed by atoms with van der Waals surface area (Å²) in [5, 5.41) is 0. The summed E-state index contributed by atoms with van der Waals surface area (Å²) in [7, 11) is 0. The Balaban J connectivity index is 2.14. The molecule has 0 aliphatic heterocycles. The summed E-state index contributed by atoms with van der Waals surface area (Å²) >= 11 is 0. The van der Waals surface area contributed by atoms with Crippen molar-refractivity contribution in [3.8, 4) is 0 Å². The molecule has 0 atom stereocenters. The van der Waals surface area contributed by atoms with Crippen molar-refractivity contribution in [3.05, 3.63) is 70.6 Å². The second-order valence-corrected chi connectivity index (χ2v) is 7.91. The minimum atomic E-state index is 0.725. The molecule has 0 aromatic carbocycles. The lowest BCUT2D eigenvalue weighted by Gasteiger charge is -2.13. The Morgan fingerprint density at radius 3 is 2.26 bits per heavy atom. The summed E-state index contributed by atoms with van der Waals surface area (Å²) in [6.07, 6.45) is 11.8. The van der Waals surface area contributed by atoms with Crippen LogP contribution in [0.15, 0.2) is 41.4 Å². The first kappa shape index (κ1) is 24.4. The molecule has 2 aromatic rings. The van der Waals surface area contributed by atoms with Crippen LogP contribution >= 0.6 is 0 Å². The third-order valence-corrected chi connectivity index (χ3v) is 5.09. The van der Waals surface area contributed by atoms with Crippen LogP contribution in [0.3, 0.4) is 0 Å². The second kappa shape index (κ2) is 12.1. The molecule has 0 spiro atoms. The zero-order chi connectivity index (χ0) is 22.8. The van der Waals surface area contributed by atoms with Crippen molar-refractivity contribution >= 4 is 5.71 Å². The molecule has 2 N–H and O–H groups in total. The molecule has 0 saturated carbocycles. The molecule has 0 amide bonds. The van der Waals surface area contributed by atoms with E-state index in [0.717, 1.165) is 96.1 Å². The highest BCUT2D eigenvalue weighted by molar-refractivity contribution is 6.12. The normalized spacial score (nSPS) is 12.3. The predicted molar refractivity (Wildman–Crippen MR) is 128 cm³/mol. The first-order valence-corrected chi connectivity index (χ1v) is 11.2. The van der Waals surface area contributed by atoms with E-state index in [9.17, 15) is 0 Å². The summed E-state index contributed by atoms with van der Waals surface area (Å²) in [5.41, 5.74) is 13.9. The lowest BCUT2D eigenvalue weighted by atomic mass is 10.0. The van der Waals surface area contributed by atoms with E-state index in [4.69, 9.17) is 20.7 Å². The molecule has 0 unspecified atom stereocenters.